The minimum Gasteiger partial charge on any atom is -0.454 e. The molecule has 1 amide bonds. The number of fused-ring (bicyclic) bond motifs is 1. The smallest absolute Gasteiger partial charge is 0.263 e. The van der Waals surface area contributed by atoms with Gasteiger partial charge in [-0.15, -0.1) is 11.3 Å². The predicted molar refractivity (Wildman–Crippen MR) is 87.7 cm³/mol. The lowest BCUT2D eigenvalue weighted by atomic mass is 10.1. The van der Waals surface area contributed by atoms with Crippen molar-refractivity contribution in [2.45, 2.75) is 20.3 Å². The zero-order valence-electron chi connectivity index (χ0n) is 12.8. The van der Waals surface area contributed by atoms with E-state index < -0.39 is 0 Å². The van der Waals surface area contributed by atoms with Crippen LogP contribution >= 0.6 is 11.3 Å². The SMILES string of the molecule is CCCN(CC)C(=O)c1ccc(-c2ccc3c(c2)OCO3)s1. The van der Waals surface area contributed by atoms with Gasteiger partial charge in [0, 0.05) is 18.0 Å². The monoisotopic (exact) mass is 317 g/mol. The van der Waals surface area contributed by atoms with Gasteiger partial charge in [0.25, 0.3) is 5.91 Å². The van der Waals surface area contributed by atoms with Gasteiger partial charge in [-0.2, -0.15) is 0 Å². The van der Waals surface area contributed by atoms with E-state index >= 15 is 0 Å². The normalized spacial score (nSPS) is 12.5. The average Bonchev–Trinajstić information content (AvgIpc) is 3.19. The lowest BCUT2D eigenvalue weighted by Crippen LogP contribution is -2.30. The topological polar surface area (TPSA) is 38.8 Å². The first-order chi connectivity index (χ1) is 10.7. The Bertz CT molecular complexity index is 680. The Balaban J connectivity index is 1.83. The second kappa shape index (κ2) is 6.40. The van der Waals surface area contributed by atoms with Gasteiger partial charge in [-0.25, -0.2) is 0 Å². The lowest BCUT2D eigenvalue weighted by molar-refractivity contribution is 0.0769. The fourth-order valence-corrected chi connectivity index (χ4v) is 3.46. The highest BCUT2D eigenvalue weighted by Crippen LogP contribution is 2.38. The van der Waals surface area contributed by atoms with Crippen LogP contribution in [-0.2, 0) is 0 Å². The summed E-state index contributed by atoms with van der Waals surface area (Å²) in [5, 5.41) is 0. The molecule has 22 heavy (non-hydrogen) atoms. The molecule has 0 aliphatic carbocycles. The van der Waals surface area contributed by atoms with Crippen molar-refractivity contribution in [3.05, 3.63) is 35.2 Å². The van der Waals surface area contributed by atoms with Crippen molar-refractivity contribution < 1.29 is 14.3 Å². The maximum atomic E-state index is 12.5. The van der Waals surface area contributed by atoms with Crippen molar-refractivity contribution in [2.24, 2.45) is 0 Å². The van der Waals surface area contributed by atoms with Crippen LogP contribution in [-0.4, -0.2) is 30.7 Å². The maximum absolute atomic E-state index is 12.5. The number of ether oxygens (including phenoxy) is 2. The Morgan fingerprint density at radius 1 is 1.18 bits per heavy atom. The highest BCUT2D eigenvalue weighted by molar-refractivity contribution is 7.17. The third-order valence-electron chi connectivity index (χ3n) is 3.64. The van der Waals surface area contributed by atoms with Gasteiger partial charge in [-0.3, -0.25) is 4.79 Å². The molecule has 0 radical (unpaired) electrons. The molecule has 2 heterocycles. The summed E-state index contributed by atoms with van der Waals surface area (Å²) in [5.41, 5.74) is 1.05. The van der Waals surface area contributed by atoms with Gasteiger partial charge < -0.3 is 14.4 Å². The van der Waals surface area contributed by atoms with Crippen molar-refractivity contribution in [1.82, 2.24) is 4.90 Å². The number of hydrogen-bond donors (Lipinski definition) is 0. The Labute approximate surface area is 134 Å². The molecule has 0 bridgehead atoms. The number of hydrogen-bond acceptors (Lipinski definition) is 4. The van der Waals surface area contributed by atoms with Crippen molar-refractivity contribution >= 4 is 17.2 Å². The van der Waals surface area contributed by atoms with E-state index in [9.17, 15) is 4.79 Å². The van der Waals surface area contributed by atoms with E-state index in [0.29, 0.717) is 0 Å². The van der Waals surface area contributed by atoms with Crippen LogP contribution < -0.4 is 9.47 Å². The summed E-state index contributed by atoms with van der Waals surface area (Å²) in [6.07, 6.45) is 0.972. The van der Waals surface area contributed by atoms with Crippen molar-refractivity contribution in [3.63, 3.8) is 0 Å². The maximum Gasteiger partial charge on any atom is 0.263 e. The Kier molecular flexibility index (Phi) is 4.34. The number of carbonyl (C=O) groups excluding carboxylic acids is 1. The Morgan fingerprint density at radius 2 is 2.00 bits per heavy atom. The number of nitrogens with zero attached hydrogens (tertiary/aromatic N) is 1. The number of amides is 1. The molecule has 5 heteroatoms. The first-order valence-corrected chi connectivity index (χ1v) is 8.33. The third kappa shape index (κ3) is 2.81. The molecule has 2 aromatic rings. The molecule has 4 nitrogen and oxygen atoms in total. The van der Waals surface area contributed by atoms with Crippen LogP contribution in [0.1, 0.15) is 29.9 Å². The van der Waals surface area contributed by atoms with E-state index in [4.69, 9.17) is 9.47 Å². The van der Waals surface area contributed by atoms with E-state index in [0.717, 1.165) is 46.3 Å². The van der Waals surface area contributed by atoms with Crippen LogP contribution in [0, 0.1) is 0 Å². The van der Waals surface area contributed by atoms with Gasteiger partial charge in [0.1, 0.15) is 0 Å². The summed E-state index contributed by atoms with van der Waals surface area (Å²) in [4.78, 5) is 16.2. The first-order valence-electron chi connectivity index (χ1n) is 7.52. The van der Waals surface area contributed by atoms with E-state index in [1.54, 1.807) is 0 Å². The molecule has 0 N–H and O–H groups in total. The van der Waals surface area contributed by atoms with Gasteiger partial charge in [-0.1, -0.05) is 6.92 Å². The molecular formula is C17H19NO3S. The number of benzene rings is 1. The molecule has 0 fully saturated rings. The molecule has 0 spiro atoms. The molecule has 1 aliphatic heterocycles. The minimum absolute atomic E-state index is 0.112. The van der Waals surface area contributed by atoms with Gasteiger partial charge in [-0.05, 0) is 49.2 Å². The van der Waals surface area contributed by atoms with E-state index in [1.807, 2.05) is 42.2 Å². The molecule has 116 valence electrons. The fraction of sp³-hybridized carbons (Fsp3) is 0.353. The number of rotatable bonds is 5. The van der Waals surface area contributed by atoms with Crippen LogP contribution in [0.2, 0.25) is 0 Å². The summed E-state index contributed by atoms with van der Waals surface area (Å²) < 4.78 is 10.7. The average molecular weight is 317 g/mol. The summed E-state index contributed by atoms with van der Waals surface area (Å²) in [6, 6.07) is 9.78. The minimum atomic E-state index is 0.112. The van der Waals surface area contributed by atoms with E-state index in [2.05, 4.69) is 6.92 Å². The van der Waals surface area contributed by atoms with Crippen molar-refractivity contribution in [3.8, 4) is 21.9 Å². The van der Waals surface area contributed by atoms with E-state index in [-0.39, 0.29) is 12.7 Å². The first kappa shape index (κ1) is 14.9. The molecule has 3 rings (SSSR count). The van der Waals surface area contributed by atoms with E-state index in [1.165, 1.54) is 11.3 Å². The van der Waals surface area contributed by atoms with Crippen LogP contribution in [0.5, 0.6) is 11.5 Å². The molecule has 0 unspecified atom stereocenters. The van der Waals surface area contributed by atoms with Crippen LogP contribution in [0.25, 0.3) is 10.4 Å². The molecule has 1 aromatic heterocycles. The number of thiophene rings is 1. The zero-order chi connectivity index (χ0) is 15.5. The quantitative estimate of drug-likeness (QED) is 0.836. The molecule has 1 aliphatic rings. The molecular weight excluding hydrogens is 298 g/mol. The molecule has 0 saturated heterocycles. The Morgan fingerprint density at radius 3 is 2.77 bits per heavy atom. The van der Waals surface area contributed by atoms with Crippen LogP contribution in [0.15, 0.2) is 30.3 Å². The van der Waals surface area contributed by atoms with Gasteiger partial charge in [0.05, 0.1) is 4.88 Å². The zero-order valence-corrected chi connectivity index (χ0v) is 13.6. The fourth-order valence-electron chi connectivity index (χ4n) is 2.49. The van der Waals surface area contributed by atoms with Gasteiger partial charge in [0.15, 0.2) is 11.5 Å². The molecule has 0 saturated carbocycles. The van der Waals surface area contributed by atoms with Gasteiger partial charge >= 0.3 is 0 Å². The Hall–Kier alpha value is -2.01. The van der Waals surface area contributed by atoms with Crippen molar-refractivity contribution in [2.75, 3.05) is 19.9 Å². The predicted octanol–water partition coefficient (Wildman–Crippen LogP) is 4.02. The summed E-state index contributed by atoms with van der Waals surface area (Å²) in [6.45, 7) is 5.91. The summed E-state index contributed by atoms with van der Waals surface area (Å²) >= 11 is 1.52. The standard InChI is InChI=1S/C17H19NO3S/c1-3-9-18(4-2)17(19)16-8-7-15(22-16)12-5-6-13-14(10-12)21-11-20-13/h5-8,10H,3-4,9,11H2,1-2H3. The van der Waals surface area contributed by atoms with Crippen molar-refractivity contribution in [1.29, 1.82) is 0 Å². The summed E-state index contributed by atoms with van der Waals surface area (Å²) in [7, 11) is 0. The second-order valence-corrected chi connectivity index (χ2v) is 6.20. The van der Waals surface area contributed by atoms with Crippen LogP contribution in [0.3, 0.4) is 0 Å². The second-order valence-electron chi connectivity index (χ2n) is 5.12. The third-order valence-corrected chi connectivity index (χ3v) is 4.76. The lowest BCUT2D eigenvalue weighted by Gasteiger charge is -2.18. The molecule has 1 aromatic carbocycles. The van der Waals surface area contributed by atoms with Gasteiger partial charge in [0.2, 0.25) is 6.79 Å². The summed E-state index contributed by atoms with van der Waals surface area (Å²) in [5.74, 6) is 1.65. The van der Waals surface area contributed by atoms with Crippen LogP contribution in [0.4, 0.5) is 0 Å². The highest BCUT2D eigenvalue weighted by atomic mass is 32.1. The highest BCUT2D eigenvalue weighted by Gasteiger charge is 2.18. The number of carbonyl (C=O) groups is 1. The molecule has 0 atom stereocenters. The largest absolute Gasteiger partial charge is 0.454 e.